The monoisotopic (exact) mass is 526 g/mol. The van der Waals surface area contributed by atoms with E-state index in [1.807, 2.05) is 24.4 Å². The van der Waals surface area contributed by atoms with Gasteiger partial charge in [-0.1, -0.05) is 11.6 Å². The van der Waals surface area contributed by atoms with Crippen molar-refractivity contribution in [2.75, 3.05) is 19.0 Å². The number of methoxy groups -OCH3 is 1. The van der Waals surface area contributed by atoms with E-state index in [9.17, 15) is 9.90 Å². The lowest BCUT2D eigenvalue weighted by Gasteiger charge is -2.43. The number of fused-ring (bicyclic) bond motifs is 1. The summed E-state index contributed by atoms with van der Waals surface area (Å²) in [6.45, 7) is 0.285. The van der Waals surface area contributed by atoms with Gasteiger partial charge in [-0.2, -0.15) is 0 Å². The fraction of sp³-hybridized carbons (Fsp3) is 0.519. The van der Waals surface area contributed by atoms with Crippen LogP contribution in [0.15, 0.2) is 30.6 Å². The van der Waals surface area contributed by atoms with E-state index >= 15 is 0 Å². The van der Waals surface area contributed by atoms with Gasteiger partial charge in [-0.05, 0) is 75.1 Å². The quantitative estimate of drug-likeness (QED) is 0.325. The van der Waals surface area contributed by atoms with E-state index in [4.69, 9.17) is 22.1 Å². The highest BCUT2D eigenvalue weighted by Gasteiger charge is 2.33. The lowest BCUT2D eigenvalue weighted by atomic mass is 9.86. The van der Waals surface area contributed by atoms with Gasteiger partial charge in [0, 0.05) is 35.3 Å². The summed E-state index contributed by atoms with van der Waals surface area (Å²) < 4.78 is 5.35. The van der Waals surface area contributed by atoms with E-state index in [-0.39, 0.29) is 24.6 Å². The molecule has 37 heavy (non-hydrogen) atoms. The van der Waals surface area contributed by atoms with Crippen molar-refractivity contribution in [2.45, 2.75) is 75.6 Å². The van der Waals surface area contributed by atoms with Gasteiger partial charge in [-0.15, -0.1) is 0 Å². The van der Waals surface area contributed by atoms with Crippen molar-refractivity contribution in [1.29, 1.82) is 0 Å². The van der Waals surface area contributed by atoms with Gasteiger partial charge in [-0.25, -0.2) is 9.97 Å². The first-order chi connectivity index (χ1) is 17.9. The number of aromatic nitrogens is 3. The minimum atomic E-state index is -0.285. The van der Waals surface area contributed by atoms with Gasteiger partial charge in [0.25, 0.3) is 0 Å². The Bertz CT molecular complexity index is 1230. The summed E-state index contributed by atoms with van der Waals surface area (Å²) in [5.74, 6) is 1.15. The summed E-state index contributed by atoms with van der Waals surface area (Å²) in [6.07, 6.45) is 10.7. The topological polar surface area (TPSA) is 129 Å². The Morgan fingerprint density at radius 2 is 1.86 bits per heavy atom. The highest BCUT2D eigenvalue weighted by Crippen LogP contribution is 2.34. The number of hydrogen-bond donors (Lipinski definition) is 4. The zero-order valence-corrected chi connectivity index (χ0v) is 21.9. The number of primary amides is 1. The van der Waals surface area contributed by atoms with Crippen LogP contribution in [0.2, 0.25) is 5.15 Å². The van der Waals surface area contributed by atoms with Gasteiger partial charge in [0.2, 0.25) is 5.91 Å². The predicted molar refractivity (Wildman–Crippen MR) is 145 cm³/mol. The number of halogens is 1. The first-order valence-corrected chi connectivity index (χ1v) is 13.4. The second kappa shape index (κ2) is 11.2. The number of carbonyl (C=O) groups excluding carboxylic acids is 1. The Morgan fingerprint density at radius 1 is 1.16 bits per heavy atom. The summed E-state index contributed by atoms with van der Waals surface area (Å²) in [5.41, 5.74) is 8.32. The van der Waals surface area contributed by atoms with Crippen molar-refractivity contribution >= 4 is 34.4 Å². The number of aromatic amines is 1. The molecule has 0 aromatic carbocycles. The molecule has 9 nitrogen and oxygen atoms in total. The largest absolute Gasteiger partial charge is 0.495 e. The van der Waals surface area contributed by atoms with Gasteiger partial charge in [0.15, 0.2) is 0 Å². The highest BCUT2D eigenvalue weighted by molar-refractivity contribution is 6.29. The number of aliphatic hydroxyl groups is 1. The van der Waals surface area contributed by atoms with Crippen LogP contribution in [0.5, 0.6) is 5.75 Å². The maximum absolute atomic E-state index is 11.8. The molecule has 198 valence electrons. The smallest absolute Gasteiger partial charge is 0.231 e. The first-order valence-electron chi connectivity index (χ1n) is 13.1. The number of amides is 1. The molecule has 0 aliphatic heterocycles. The maximum Gasteiger partial charge on any atom is 0.231 e. The van der Waals surface area contributed by atoms with Crippen molar-refractivity contribution in [3.05, 3.63) is 35.7 Å². The van der Waals surface area contributed by atoms with Crippen molar-refractivity contribution in [2.24, 2.45) is 5.73 Å². The lowest BCUT2D eigenvalue weighted by molar-refractivity contribution is -0.121. The molecule has 5 rings (SSSR count). The number of nitrogens with zero attached hydrogens (tertiary/aromatic N) is 3. The standard InChI is InChI=1S/C27H35ClN6O3/c1-37-21-12-22-23(14-31-27(22)30-13-21)16-10-24(28)33-26(11-16)32-17-2-4-18(5-3-17)34(15-25(29)36)19-6-8-20(35)9-7-19/h10-14,17-20,35H,2-9,15H2,1H3,(H2,29,36)(H,30,31)(H,32,33). The number of hydrogen-bond acceptors (Lipinski definition) is 7. The number of anilines is 1. The Kier molecular flexibility index (Phi) is 7.83. The summed E-state index contributed by atoms with van der Waals surface area (Å²) in [4.78, 5) is 26.3. The third-order valence-corrected chi connectivity index (χ3v) is 8.03. The molecule has 3 aromatic heterocycles. The van der Waals surface area contributed by atoms with Crippen molar-refractivity contribution in [3.63, 3.8) is 0 Å². The molecule has 2 saturated carbocycles. The van der Waals surface area contributed by atoms with Crippen LogP contribution in [0.1, 0.15) is 51.4 Å². The molecular formula is C27H35ClN6O3. The normalized spacial score (nSPS) is 24.3. The summed E-state index contributed by atoms with van der Waals surface area (Å²) in [5, 5.41) is 14.9. The fourth-order valence-corrected chi connectivity index (χ4v) is 6.16. The molecule has 0 bridgehead atoms. The van der Waals surface area contributed by atoms with Crippen LogP contribution in [0.3, 0.4) is 0 Å². The van der Waals surface area contributed by atoms with Crippen LogP contribution in [-0.2, 0) is 4.79 Å². The molecule has 1 amide bonds. The van der Waals surface area contributed by atoms with Crippen LogP contribution < -0.4 is 15.8 Å². The summed E-state index contributed by atoms with van der Waals surface area (Å²) in [6, 6.07) is 6.74. The molecule has 2 fully saturated rings. The molecule has 0 saturated heterocycles. The third kappa shape index (κ3) is 6.00. The summed E-state index contributed by atoms with van der Waals surface area (Å²) in [7, 11) is 1.63. The highest BCUT2D eigenvalue weighted by atomic mass is 35.5. The Morgan fingerprint density at radius 3 is 2.54 bits per heavy atom. The maximum atomic E-state index is 11.8. The predicted octanol–water partition coefficient (Wildman–Crippen LogP) is 4.10. The molecule has 0 atom stereocenters. The first kappa shape index (κ1) is 25.8. The molecular weight excluding hydrogens is 492 g/mol. The Hall–Kier alpha value is -2.88. The second-order valence-corrected chi connectivity index (χ2v) is 10.7. The minimum absolute atomic E-state index is 0.218. The lowest BCUT2D eigenvalue weighted by Crippen LogP contribution is -2.50. The average Bonchev–Trinajstić information content (AvgIpc) is 3.31. The summed E-state index contributed by atoms with van der Waals surface area (Å²) >= 11 is 6.43. The van der Waals surface area contributed by atoms with Gasteiger partial charge in [-0.3, -0.25) is 9.69 Å². The SMILES string of the molecule is COc1cnc2[nH]cc(-c3cc(Cl)nc(NC4CCC(N(CC(N)=O)C5CCC(O)CC5)CC4)c3)c2c1. The van der Waals surface area contributed by atoms with Crippen LogP contribution in [0.4, 0.5) is 5.82 Å². The Labute approximate surface area is 221 Å². The molecule has 0 unspecified atom stereocenters. The zero-order valence-electron chi connectivity index (χ0n) is 21.1. The second-order valence-electron chi connectivity index (χ2n) is 10.3. The van der Waals surface area contributed by atoms with Crippen molar-refractivity contribution in [1.82, 2.24) is 19.9 Å². The Balaban J connectivity index is 1.27. The van der Waals surface area contributed by atoms with Crippen LogP contribution in [-0.4, -0.2) is 68.7 Å². The molecule has 3 heterocycles. The molecule has 0 radical (unpaired) electrons. The van der Waals surface area contributed by atoms with E-state index in [1.165, 1.54) is 0 Å². The van der Waals surface area contributed by atoms with Crippen molar-refractivity contribution in [3.8, 4) is 16.9 Å². The molecule has 2 aliphatic carbocycles. The number of pyridine rings is 2. The average molecular weight is 527 g/mol. The van der Waals surface area contributed by atoms with E-state index < -0.39 is 0 Å². The molecule has 10 heteroatoms. The number of rotatable bonds is 8. The van der Waals surface area contributed by atoms with Gasteiger partial charge in [0.1, 0.15) is 22.4 Å². The van der Waals surface area contributed by atoms with Crippen LogP contribution in [0.25, 0.3) is 22.2 Å². The van der Waals surface area contributed by atoms with Crippen LogP contribution >= 0.6 is 11.6 Å². The number of nitrogens with one attached hydrogen (secondary N) is 2. The van der Waals surface area contributed by atoms with E-state index in [1.54, 1.807) is 13.3 Å². The molecule has 2 aliphatic rings. The molecule has 3 aromatic rings. The number of H-pyrrole nitrogens is 1. The number of ether oxygens (including phenoxy) is 1. The minimum Gasteiger partial charge on any atom is -0.495 e. The zero-order chi connectivity index (χ0) is 25.9. The van der Waals surface area contributed by atoms with Gasteiger partial charge >= 0.3 is 0 Å². The van der Waals surface area contributed by atoms with E-state index in [2.05, 4.69) is 25.2 Å². The fourth-order valence-electron chi connectivity index (χ4n) is 5.95. The number of aliphatic hydroxyl groups excluding tert-OH is 1. The molecule has 0 spiro atoms. The van der Waals surface area contributed by atoms with Crippen LogP contribution in [0, 0.1) is 0 Å². The number of nitrogens with two attached hydrogens (primary N) is 1. The third-order valence-electron chi connectivity index (χ3n) is 7.84. The number of carbonyl (C=O) groups is 1. The van der Waals surface area contributed by atoms with Gasteiger partial charge < -0.3 is 25.9 Å². The van der Waals surface area contributed by atoms with E-state index in [0.29, 0.717) is 23.0 Å². The van der Waals surface area contributed by atoms with Crippen molar-refractivity contribution < 1.29 is 14.6 Å². The van der Waals surface area contributed by atoms with Gasteiger partial charge in [0.05, 0.1) is 26.0 Å². The molecule has 5 N–H and O–H groups in total. The van der Waals surface area contributed by atoms with E-state index in [0.717, 1.165) is 79.3 Å².